The lowest BCUT2D eigenvalue weighted by Crippen LogP contribution is -2.27. The highest BCUT2D eigenvalue weighted by molar-refractivity contribution is 7.89. The van der Waals surface area contributed by atoms with E-state index in [-0.39, 0.29) is 30.4 Å². The standard InChI is InChI=1S/C20H23N3O5S/c1-13-10-14(2)20-17(23-28-18(20)11-13)12-19(24)22-15-4-6-16(7-5-15)29(25,26)21-8-9-27-3/h4-7,10-11,21H,8-9,12H2,1-3H3,(H,22,24). The number of fused-ring (bicyclic) bond motifs is 1. The zero-order valence-corrected chi connectivity index (χ0v) is 17.3. The van der Waals surface area contributed by atoms with Crippen LogP contribution in [-0.2, 0) is 26.0 Å². The number of hydrogen-bond donors (Lipinski definition) is 2. The number of ether oxygens (including phenoxy) is 1. The molecule has 1 aromatic heterocycles. The summed E-state index contributed by atoms with van der Waals surface area (Å²) in [7, 11) is -2.12. The number of benzene rings is 2. The van der Waals surface area contributed by atoms with E-state index in [1.807, 2.05) is 26.0 Å². The average molecular weight is 417 g/mol. The van der Waals surface area contributed by atoms with Gasteiger partial charge in [-0.25, -0.2) is 13.1 Å². The molecule has 8 nitrogen and oxygen atoms in total. The quantitative estimate of drug-likeness (QED) is 0.545. The molecule has 2 N–H and O–H groups in total. The number of aromatic nitrogens is 1. The lowest BCUT2D eigenvalue weighted by atomic mass is 10.0. The molecule has 0 atom stereocenters. The highest BCUT2D eigenvalue weighted by atomic mass is 32.2. The molecule has 154 valence electrons. The van der Waals surface area contributed by atoms with E-state index in [0.29, 0.717) is 17.0 Å². The number of carbonyl (C=O) groups excluding carboxylic acids is 1. The molecular weight excluding hydrogens is 394 g/mol. The van der Waals surface area contributed by atoms with Crippen LogP contribution < -0.4 is 10.0 Å². The minimum Gasteiger partial charge on any atom is -0.383 e. The van der Waals surface area contributed by atoms with Gasteiger partial charge in [-0.05, 0) is 55.3 Å². The van der Waals surface area contributed by atoms with E-state index in [1.165, 1.54) is 31.4 Å². The smallest absolute Gasteiger partial charge is 0.240 e. The molecule has 29 heavy (non-hydrogen) atoms. The maximum absolute atomic E-state index is 12.4. The first-order valence-corrected chi connectivity index (χ1v) is 10.5. The first kappa shape index (κ1) is 21.0. The molecule has 0 saturated heterocycles. The van der Waals surface area contributed by atoms with Crippen molar-refractivity contribution in [2.45, 2.75) is 25.2 Å². The maximum atomic E-state index is 12.4. The van der Waals surface area contributed by atoms with Crippen LogP contribution in [-0.4, -0.2) is 39.7 Å². The van der Waals surface area contributed by atoms with Crippen LogP contribution in [0.25, 0.3) is 11.0 Å². The minimum absolute atomic E-state index is 0.0511. The Bertz CT molecular complexity index is 1120. The van der Waals surface area contributed by atoms with Gasteiger partial charge in [0.25, 0.3) is 0 Å². The van der Waals surface area contributed by atoms with Gasteiger partial charge in [0.1, 0.15) is 5.69 Å². The zero-order valence-electron chi connectivity index (χ0n) is 16.5. The molecule has 0 aliphatic heterocycles. The van der Waals surface area contributed by atoms with Crippen molar-refractivity contribution in [3.8, 4) is 0 Å². The number of aryl methyl sites for hydroxylation is 2. The SMILES string of the molecule is COCCNS(=O)(=O)c1ccc(NC(=O)Cc2noc3cc(C)cc(C)c23)cc1. The topological polar surface area (TPSA) is 111 Å². The first-order chi connectivity index (χ1) is 13.8. The highest BCUT2D eigenvalue weighted by Crippen LogP contribution is 2.24. The van der Waals surface area contributed by atoms with Gasteiger partial charge in [-0.3, -0.25) is 4.79 Å². The summed E-state index contributed by atoms with van der Waals surface area (Å²) in [5, 5.41) is 7.62. The second-order valence-corrected chi connectivity index (χ2v) is 8.49. The van der Waals surface area contributed by atoms with Crippen molar-refractivity contribution in [3.63, 3.8) is 0 Å². The number of methoxy groups -OCH3 is 1. The minimum atomic E-state index is -3.62. The van der Waals surface area contributed by atoms with Crippen molar-refractivity contribution in [2.24, 2.45) is 0 Å². The van der Waals surface area contributed by atoms with Crippen LogP contribution in [0.2, 0.25) is 0 Å². The van der Waals surface area contributed by atoms with Crippen LogP contribution in [0, 0.1) is 13.8 Å². The molecule has 1 amide bonds. The van der Waals surface area contributed by atoms with Gasteiger partial charge in [0.2, 0.25) is 15.9 Å². The summed E-state index contributed by atoms with van der Waals surface area (Å²) >= 11 is 0. The molecule has 0 unspecified atom stereocenters. The maximum Gasteiger partial charge on any atom is 0.240 e. The van der Waals surface area contributed by atoms with Gasteiger partial charge in [0, 0.05) is 24.7 Å². The second-order valence-electron chi connectivity index (χ2n) is 6.72. The Morgan fingerprint density at radius 2 is 1.90 bits per heavy atom. The fraction of sp³-hybridized carbons (Fsp3) is 0.300. The lowest BCUT2D eigenvalue weighted by molar-refractivity contribution is -0.115. The Labute approximate surface area is 169 Å². The molecule has 1 heterocycles. The Hall–Kier alpha value is -2.75. The molecule has 3 aromatic rings. The van der Waals surface area contributed by atoms with Crippen molar-refractivity contribution >= 4 is 32.6 Å². The largest absolute Gasteiger partial charge is 0.383 e. The van der Waals surface area contributed by atoms with Crippen molar-refractivity contribution in [1.29, 1.82) is 0 Å². The van der Waals surface area contributed by atoms with Gasteiger partial charge in [-0.1, -0.05) is 11.2 Å². The third-order valence-corrected chi connectivity index (χ3v) is 5.84. The van der Waals surface area contributed by atoms with E-state index >= 15 is 0 Å². The molecular formula is C20H23N3O5S. The zero-order chi connectivity index (χ0) is 21.0. The number of nitrogens with one attached hydrogen (secondary N) is 2. The van der Waals surface area contributed by atoms with Crippen LogP contribution in [0.5, 0.6) is 0 Å². The third-order valence-electron chi connectivity index (χ3n) is 4.36. The lowest BCUT2D eigenvalue weighted by Gasteiger charge is -2.08. The molecule has 0 radical (unpaired) electrons. The highest BCUT2D eigenvalue weighted by Gasteiger charge is 2.16. The summed E-state index contributed by atoms with van der Waals surface area (Å²) in [6, 6.07) is 9.85. The fourth-order valence-corrected chi connectivity index (χ4v) is 4.09. The summed E-state index contributed by atoms with van der Waals surface area (Å²) in [5.74, 6) is -0.269. The predicted octanol–water partition coefficient (Wildman–Crippen LogP) is 2.55. The van der Waals surface area contributed by atoms with E-state index in [1.54, 1.807) is 0 Å². The monoisotopic (exact) mass is 417 g/mol. The van der Waals surface area contributed by atoms with E-state index in [0.717, 1.165) is 16.5 Å². The number of nitrogens with zero attached hydrogens (tertiary/aromatic N) is 1. The Morgan fingerprint density at radius 3 is 2.59 bits per heavy atom. The van der Waals surface area contributed by atoms with Gasteiger partial charge in [-0.15, -0.1) is 0 Å². The molecule has 2 aromatic carbocycles. The molecule has 0 aliphatic carbocycles. The molecule has 0 bridgehead atoms. The fourth-order valence-electron chi connectivity index (χ4n) is 3.08. The summed E-state index contributed by atoms with van der Waals surface area (Å²) in [6.45, 7) is 4.39. The van der Waals surface area contributed by atoms with Crippen molar-refractivity contribution in [2.75, 3.05) is 25.6 Å². The van der Waals surface area contributed by atoms with Crippen LogP contribution in [0.15, 0.2) is 45.8 Å². The predicted molar refractivity (Wildman–Crippen MR) is 109 cm³/mol. The van der Waals surface area contributed by atoms with Crippen LogP contribution >= 0.6 is 0 Å². The number of sulfonamides is 1. The first-order valence-electron chi connectivity index (χ1n) is 9.04. The second kappa shape index (κ2) is 8.73. The van der Waals surface area contributed by atoms with E-state index < -0.39 is 10.0 Å². The molecule has 0 fully saturated rings. The summed E-state index contributed by atoms with van der Waals surface area (Å²) in [6.07, 6.45) is 0.0511. The normalized spacial score (nSPS) is 11.7. The Morgan fingerprint density at radius 1 is 1.17 bits per heavy atom. The van der Waals surface area contributed by atoms with Crippen molar-refractivity contribution in [1.82, 2.24) is 9.88 Å². The molecule has 0 aliphatic rings. The summed E-state index contributed by atoms with van der Waals surface area (Å²) in [5.41, 5.74) is 3.78. The van der Waals surface area contributed by atoms with Crippen LogP contribution in [0.4, 0.5) is 5.69 Å². The molecule has 0 saturated carbocycles. The van der Waals surface area contributed by atoms with E-state index in [9.17, 15) is 13.2 Å². The van der Waals surface area contributed by atoms with Crippen LogP contribution in [0.1, 0.15) is 16.8 Å². The number of rotatable bonds is 8. The summed E-state index contributed by atoms with van der Waals surface area (Å²) < 4.78 is 36.9. The van der Waals surface area contributed by atoms with Gasteiger partial charge in [0.15, 0.2) is 5.58 Å². The number of hydrogen-bond acceptors (Lipinski definition) is 6. The molecule has 3 rings (SSSR count). The molecule has 9 heteroatoms. The van der Waals surface area contributed by atoms with Gasteiger partial charge < -0.3 is 14.6 Å². The van der Waals surface area contributed by atoms with E-state index in [2.05, 4.69) is 15.2 Å². The Balaban J connectivity index is 1.67. The van der Waals surface area contributed by atoms with Crippen molar-refractivity contribution < 1.29 is 22.5 Å². The van der Waals surface area contributed by atoms with Gasteiger partial charge in [-0.2, -0.15) is 0 Å². The third kappa shape index (κ3) is 5.00. The van der Waals surface area contributed by atoms with Crippen LogP contribution in [0.3, 0.4) is 0 Å². The van der Waals surface area contributed by atoms with Gasteiger partial charge in [0.05, 0.1) is 17.9 Å². The number of amides is 1. The average Bonchev–Trinajstić information content (AvgIpc) is 3.05. The number of carbonyl (C=O) groups is 1. The van der Waals surface area contributed by atoms with E-state index in [4.69, 9.17) is 9.26 Å². The van der Waals surface area contributed by atoms with Gasteiger partial charge >= 0.3 is 0 Å². The summed E-state index contributed by atoms with van der Waals surface area (Å²) in [4.78, 5) is 12.5. The number of anilines is 1. The Kier molecular flexibility index (Phi) is 6.31. The molecule has 0 spiro atoms. The van der Waals surface area contributed by atoms with Crippen molar-refractivity contribution in [3.05, 3.63) is 53.2 Å².